The van der Waals surface area contributed by atoms with Crippen LogP contribution in [0.3, 0.4) is 0 Å². The molecule has 0 aromatic heterocycles. The predicted molar refractivity (Wildman–Crippen MR) is 108 cm³/mol. The molecule has 0 fully saturated rings. The van der Waals surface area contributed by atoms with Crippen LogP contribution in [0, 0.1) is 5.92 Å². The Hall–Kier alpha value is -1.95. The summed E-state index contributed by atoms with van der Waals surface area (Å²) in [5, 5.41) is 6.58. The number of nitrogens with zero attached hydrogens (tertiary/aromatic N) is 1. The Labute approximate surface area is 158 Å². The van der Waals surface area contributed by atoms with Crippen molar-refractivity contribution in [1.29, 1.82) is 0 Å². The van der Waals surface area contributed by atoms with Crippen LogP contribution >= 0.6 is 0 Å². The summed E-state index contributed by atoms with van der Waals surface area (Å²) in [7, 11) is 1.77. The first-order valence-corrected chi connectivity index (χ1v) is 9.51. The molecule has 0 unspecified atom stereocenters. The van der Waals surface area contributed by atoms with Crippen LogP contribution in [0.5, 0.6) is 11.5 Å². The van der Waals surface area contributed by atoms with Gasteiger partial charge in [0.2, 0.25) is 0 Å². The van der Waals surface area contributed by atoms with Crippen molar-refractivity contribution in [1.82, 2.24) is 10.6 Å². The molecule has 0 bridgehead atoms. The molecule has 0 amide bonds. The Morgan fingerprint density at radius 2 is 1.73 bits per heavy atom. The Bertz CT molecular complexity index is 533. The van der Waals surface area contributed by atoms with Gasteiger partial charge in [-0.15, -0.1) is 0 Å². The number of hydrogen-bond acceptors (Lipinski definition) is 4. The second-order valence-electron chi connectivity index (χ2n) is 6.29. The maximum Gasteiger partial charge on any atom is 0.191 e. The molecule has 26 heavy (non-hydrogen) atoms. The van der Waals surface area contributed by atoms with Crippen molar-refractivity contribution in [2.24, 2.45) is 10.9 Å². The third-order valence-electron chi connectivity index (χ3n) is 3.53. The van der Waals surface area contributed by atoms with Gasteiger partial charge < -0.3 is 24.8 Å². The van der Waals surface area contributed by atoms with E-state index in [1.54, 1.807) is 7.05 Å². The van der Waals surface area contributed by atoms with E-state index in [2.05, 4.69) is 35.5 Å². The molecular formula is C20H35N3O3. The predicted octanol–water partition coefficient (Wildman–Crippen LogP) is 2.86. The minimum atomic E-state index is 0.558. The van der Waals surface area contributed by atoms with Gasteiger partial charge in [-0.25, -0.2) is 0 Å². The van der Waals surface area contributed by atoms with Gasteiger partial charge in [-0.3, -0.25) is 4.99 Å². The topological polar surface area (TPSA) is 64.1 Å². The quantitative estimate of drug-likeness (QED) is 0.339. The van der Waals surface area contributed by atoms with Gasteiger partial charge in [-0.2, -0.15) is 0 Å². The number of nitrogens with one attached hydrogen (secondary N) is 2. The van der Waals surface area contributed by atoms with Gasteiger partial charge in [0.15, 0.2) is 17.5 Å². The average molecular weight is 366 g/mol. The highest BCUT2D eigenvalue weighted by molar-refractivity contribution is 5.79. The first-order valence-electron chi connectivity index (χ1n) is 9.51. The first kappa shape index (κ1) is 22.1. The molecular weight excluding hydrogens is 330 g/mol. The third-order valence-corrected chi connectivity index (χ3v) is 3.53. The summed E-state index contributed by atoms with van der Waals surface area (Å²) in [6, 6.07) is 6.10. The second-order valence-corrected chi connectivity index (χ2v) is 6.29. The zero-order valence-corrected chi connectivity index (χ0v) is 16.9. The van der Waals surface area contributed by atoms with Crippen LogP contribution in [0.15, 0.2) is 23.2 Å². The molecule has 148 valence electrons. The number of guanidine groups is 1. The highest BCUT2D eigenvalue weighted by Gasteiger charge is 2.06. The summed E-state index contributed by atoms with van der Waals surface area (Å²) >= 11 is 0. The summed E-state index contributed by atoms with van der Waals surface area (Å²) in [5.74, 6) is 2.94. The molecule has 0 aliphatic rings. The lowest BCUT2D eigenvalue weighted by Gasteiger charge is -2.14. The Morgan fingerprint density at radius 1 is 1.04 bits per heavy atom. The van der Waals surface area contributed by atoms with Crippen LogP contribution in [0.4, 0.5) is 0 Å². The van der Waals surface area contributed by atoms with Crippen molar-refractivity contribution in [2.75, 3.05) is 46.6 Å². The molecule has 2 N–H and O–H groups in total. The summed E-state index contributed by atoms with van der Waals surface area (Å²) < 4.78 is 16.8. The third kappa shape index (κ3) is 8.94. The van der Waals surface area contributed by atoms with Gasteiger partial charge in [0.05, 0.1) is 19.8 Å². The van der Waals surface area contributed by atoms with Crippen molar-refractivity contribution in [3.8, 4) is 11.5 Å². The first-order chi connectivity index (χ1) is 12.6. The molecule has 0 atom stereocenters. The monoisotopic (exact) mass is 365 g/mol. The zero-order valence-electron chi connectivity index (χ0n) is 16.9. The lowest BCUT2D eigenvalue weighted by Crippen LogP contribution is -2.39. The van der Waals surface area contributed by atoms with Gasteiger partial charge in [-0.05, 0) is 43.9 Å². The molecule has 0 aliphatic heterocycles. The van der Waals surface area contributed by atoms with Crippen molar-refractivity contribution < 1.29 is 14.2 Å². The van der Waals surface area contributed by atoms with E-state index in [0.717, 1.165) is 43.6 Å². The van der Waals surface area contributed by atoms with Crippen LogP contribution in [0.25, 0.3) is 0 Å². The fourth-order valence-electron chi connectivity index (χ4n) is 2.36. The van der Waals surface area contributed by atoms with Crippen LogP contribution in [-0.4, -0.2) is 52.5 Å². The summed E-state index contributed by atoms with van der Waals surface area (Å²) in [6.07, 6.45) is 0.872. The van der Waals surface area contributed by atoms with E-state index >= 15 is 0 Å². The normalized spacial score (nSPS) is 11.5. The van der Waals surface area contributed by atoms with Crippen molar-refractivity contribution in [3.63, 3.8) is 0 Å². The molecule has 0 radical (unpaired) electrons. The Balaban J connectivity index is 2.39. The standard InChI is InChI=1S/C20H35N3O3/c1-6-25-18-9-8-17(14-19(18)26-7-2)10-11-22-20(21-5)23-12-13-24-15-16(3)4/h8-9,14,16H,6-7,10-13,15H2,1-5H3,(H2,21,22,23). The van der Waals surface area contributed by atoms with E-state index in [1.807, 2.05) is 26.0 Å². The molecule has 1 aromatic rings. The zero-order chi connectivity index (χ0) is 19.2. The molecule has 0 saturated carbocycles. The molecule has 0 saturated heterocycles. The second kappa shape index (κ2) is 13.3. The minimum absolute atomic E-state index is 0.558. The summed E-state index contributed by atoms with van der Waals surface area (Å²) in [6.45, 7) is 12.5. The Kier molecular flexibility index (Phi) is 11.3. The number of rotatable bonds is 12. The molecule has 0 aliphatic carbocycles. The van der Waals surface area contributed by atoms with Crippen molar-refractivity contribution in [2.45, 2.75) is 34.1 Å². The molecule has 0 heterocycles. The highest BCUT2D eigenvalue weighted by atomic mass is 16.5. The summed E-state index contributed by atoms with van der Waals surface area (Å²) in [4.78, 5) is 4.23. The maximum absolute atomic E-state index is 5.68. The molecule has 6 heteroatoms. The van der Waals surface area contributed by atoms with Gasteiger partial charge in [-0.1, -0.05) is 19.9 Å². The van der Waals surface area contributed by atoms with Gasteiger partial charge >= 0.3 is 0 Å². The van der Waals surface area contributed by atoms with Gasteiger partial charge in [0.25, 0.3) is 0 Å². The van der Waals surface area contributed by atoms with Crippen molar-refractivity contribution >= 4 is 5.96 Å². The highest BCUT2D eigenvalue weighted by Crippen LogP contribution is 2.28. The summed E-state index contributed by atoms with van der Waals surface area (Å²) in [5.41, 5.74) is 1.19. The van der Waals surface area contributed by atoms with Gasteiger partial charge in [0.1, 0.15) is 0 Å². The van der Waals surface area contributed by atoms with E-state index in [9.17, 15) is 0 Å². The van der Waals surface area contributed by atoms with E-state index in [4.69, 9.17) is 14.2 Å². The average Bonchev–Trinajstić information content (AvgIpc) is 2.62. The molecule has 0 spiro atoms. The lowest BCUT2D eigenvalue weighted by molar-refractivity contribution is 0.114. The van der Waals surface area contributed by atoms with Crippen LogP contribution in [-0.2, 0) is 11.2 Å². The Morgan fingerprint density at radius 3 is 2.38 bits per heavy atom. The van der Waals surface area contributed by atoms with Gasteiger partial charge in [0, 0.05) is 26.7 Å². The fourth-order valence-corrected chi connectivity index (χ4v) is 2.36. The maximum atomic E-state index is 5.68. The number of aliphatic imine (C=N–C) groups is 1. The number of ether oxygens (including phenoxy) is 3. The fraction of sp³-hybridized carbons (Fsp3) is 0.650. The lowest BCUT2D eigenvalue weighted by atomic mass is 10.1. The van der Waals surface area contributed by atoms with Crippen LogP contribution in [0.2, 0.25) is 0 Å². The van der Waals surface area contributed by atoms with E-state index < -0.39 is 0 Å². The van der Waals surface area contributed by atoms with E-state index in [1.165, 1.54) is 5.56 Å². The van der Waals surface area contributed by atoms with Crippen molar-refractivity contribution in [3.05, 3.63) is 23.8 Å². The SMILES string of the molecule is CCOc1ccc(CCNC(=NC)NCCOCC(C)C)cc1OCC. The van der Waals surface area contributed by atoms with E-state index in [-0.39, 0.29) is 0 Å². The number of hydrogen-bond donors (Lipinski definition) is 2. The van der Waals surface area contributed by atoms with E-state index in [0.29, 0.717) is 25.7 Å². The minimum Gasteiger partial charge on any atom is -0.490 e. The number of benzene rings is 1. The van der Waals surface area contributed by atoms with Crippen LogP contribution < -0.4 is 20.1 Å². The van der Waals surface area contributed by atoms with Crippen LogP contribution in [0.1, 0.15) is 33.3 Å². The molecule has 6 nitrogen and oxygen atoms in total. The molecule has 1 aromatic carbocycles. The largest absolute Gasteiger partial charge is 0.490 e. The smallest absolute Gasteiger partial charge is 0.191 e. The molecule has 1 rings (SSSR count).